The Morgan fingerprint density at radius 3 is 2.60 bits per heavy atom. The second kappa shape index (κ2) is 7.74. The van der Waals surface area contributed by atoms with Crippen LogP contribution in [0.4, 0.5) is 5.69 Å². The van der Waals surface area contributed by atoms with Gasteiger partial charge in [-0.25, -0.2) is 9.97 Å². The zero-order valence-corrected chi connectivity index (χ0v) is 14.0. The predicted octanol–water partition coefficient (Wildman–Crippen LogP) is 2.12. The number of hydrogen-bond acceptors (Lipinski definition) is 5. The van der Waals surface area contributed by atoms with Crippen LogP contribution in [0.2, 0.25) is 0 Å². The molecule has 1 N–H and O–H groups in total. The summed E-state index contributed by atoms with van der Waals surface area (Å²) in [7, 11) is 0. The maximum Gasteiger partial charge on any atom is 0.316 e. The van der Waals surface area contributed by atoms with Crippen molar-refractivity contribution in [3.05, 3.63) is 48.3 Å². The fourth-order valence-corrected chi connectivity index (χ4v) is 2.80. The first-order valence-electron chi connectivity index (χ1n) is 8.22. The minimum Gasteiger partial charge on any atom is -0.458 e. The first-order chi connectivity index (χ1) is 12.1. The van der Waals surface area contributed by atoms with E-state index < -0.39 is 0 Å². The Balaban J connectivity index is 1.62. The molecule has 1 atom stereocenters. The van der Waals surface area contributed by atoms with Crippen molar-refractivity contribution in [1.82, 2.24) is 14.9 Å². The van der Waals surface area contributed by atoms with Gasteiger partial charge in [0.1, 0.15) is 6.10 Å². The summed E-state index contributed by atoms with van der Waals surface area (Å²) in [5.41, 5.74) is 1.26. The van der Waals surface area contributed by atoms with Gasteiger partial charge in [0.05, 0.1) is 6.54 Å². The average Bonchev–Trinajstić information content (AvgIpc) is 2.62. The zero-order valence-electron chi connectivity index (χ0n) is 14.0. The third-order valence-corrected chi connectivity index (χ3v) is 3.93. The summed E-state index contributed by atoms with van der Waals surface area (Å²) < 4.78 is 5.77. The fraction of sp³-hybridized carbons (Fsp3) is 0.333. The number of ether oxygens (including phenoxy) is 1. The second-order valence-electron chi connectivity index (χ2n) is 5.92. The second-order valence-corrected chi connectivity index (χ2v) is 5.92. The summed E-state index contributed by atoms with van der Waals surface area (Å²) in [5, 5.41) is 2.69. The van der Waals surface area contributed by atoms with E-state index in [-0.39, 0.29) is 17.9 Å². The van der Waals surface area contributed by atoms with Crippen molar-refractivity contribution < 1.29 is 14.3 Å². The topological polar surface area (TPSA) is 84.4 Å². The van der Waals surface area contributed by atoms with Crippen molar-refractivity contribution >= 4 is 17.5 Å². The average molecular weight is 340 g/mol. The van der Waals surface area contributed by atoms with Gasteiger partial charge in [-0.15, -0.1) is 0 Å². The summed E-state index contributed by atoms with van der Waals surface area (Å²) in [4.78, 5) is 33.6. The minimum atomic E-state index is -0.141. The number of likely N-dealkylation sites (tertiary alicyclic amines) is 1. The van der Waals surface area contributed by atoms with Gasteiger partial charge in [0.25, 0.3) is 5.91 Å². The molecule has 7 nitrogen and oxygen atoms in total. The largest absolute Gasteiger partial charge is 0.458 e. The Morgan fingerprint density at radius 1 is 1.20 bits per heavy atom. The molecule has 1 aliphatic rings. The lowest BCUT2D eigenvalue weighted by molar-refractivity contribution is -0.114. The molecule has 2 aromatic rings. The van der Waals surface area contributed by atoms with E-state index in [4.69, 9.17) is 4.74 Å². The van der Waals surface area contributed by atoms with Crippen molar-refractivity contribution in [2.75, 3.05) is 18.4 Å². The molecule has 0 radical (unpaired) electrons. The van der Waals surface area contributed by atoms with E-state index in [0.717, 1.165) is 12.8 Å². The number of rotatable bonds is 4. The molecule has 0 saturated carbocycles. The molecule has 1 aromatic heterocycles. The van der Waals surface area contributed by atoms with Crippen LogP contribution in [0, 0.1) is 0 Å². The molecule has 1 fully saturated rings. The smallest absolute Gasteiger partial charge is 0.316 e. The van der Waals surface area contributed by atoms with E-state index in [1.165, 1.54) is 6.92 Å². The Labute approximate surface area is 146 Å². The Morgan fingerprint density at radius 2 is 1.92 bits per heavy atom. The summed E-state index contributed by atoms with van der Waals surface area (Å²) in [5.74, 6) is -0.185. The number of nitrogens with zero attached hydrogens (tertiary/aromatic N) is 3. The molecule has 0 spiro atoms. The van der Waals surface area contributed by atoms with E-state index in [9.17, 15) is 9.59 Å². The van der Waals surface area contributed by atoms with Crippen LogP contribution in [-0.2, 0) is 4.79 Å². The molecule has 2 amide bonds. The molecule has 3 rings (SSSR count). The monoisotopic (exact) mass is 340 g/mol. The van der Waals surface area contributed by atoms with E-state index in [1.807, 2.05) is 0 Å². The number of nitrogens with one attached hydrogen (secondary N) is 1. The molecule has 25 heavy (non-hydrogen) atoms. The van der Waals surface area contributed by atoms with Crippen LogP contribution in [0.25, 0.3) is 0 Å². The number of carbonyl (C=O) groups excluding carboxylic acids is 2. The minimum absolute atomic E-state index is 0.0448. The normalized spacial score (nSPS) is 17.0. The molecule has 1 aliphatic heterocycles. The lowest BCUT2D eigenvalue weighted by Gasteiger charge is -2.32. The number of piperidine rings is 1. The molecule has 0 aliphatic carbocycles. The van der Waals surface area contributed by atoms with Gasteiger partial charge < -0.3 is 15.0 Å². The quantitative estimate of drug-likeness (QED) is 0.921. The maximum absolute atomic E-state index is 12.7. The number of amides is 2. The number of benzene rings is 1. The molecule has 1 saturated heterocycles. The van der Waals surface area contributed by atoms with Crippen LogP contribution in [0.3, 0.4) is 0 Å². The van der Waals surface area contributed by atoms with E-state index >= 15 is 0 Å². The third kappa shape index (κ3) is 4.53. The summed E-state index contributed by atoms with van der Waals surface area (Å²) in [6.07, 6.45) is 4.88. The van der Waals surface area contributed by atoms with Gasteiger partial charge in [-0.05, 0) is 43.2 Å². The van der Waals surface area contributed by atoms with Crippen molar-refractivity contribution in [3.8, 4) is 6.01 Å². The van der Waals surface area contributed by atoms with Crippen LogP contribution in [-0.4, -0.2) is 45.9 Å². The molecule has 0 bridgehead atoms. The lowest BCUT2D eigenvalue weighted by Crippen LogP contribution is -2.44. The summed E-state index contributed by atoms with van der Waals surface area (Å²) in [6, 6.07) is 8.96. The van der Waals surface area contributed by atoms with E-state index in [1.54, 1.807) is 47.6 Å². The highest BCUT2D eigenvalue weighted by molar-refractivity contribution is 5.95. The van der Waals surface area contributed by atoms with E-state index in [2.05, 4.69) is 15.3 Å². The molecule has 0 unspecified atom stereocenters. The van der Waals surface area contributed by atoms with Gasteiger partial charge in [0, 0.05) is 37.1 Å². The van der Waals surface area contributed by atoms with Crippen LogP contribution in [0.1, 0.15) is 30.1 Å². The Hall–Kier alpha value is -2.96. The van der Waals surface area contributed by atoms with Crippen LogP contribution >= 0.6 is 0 Å². The first-order valence-corrected chi connectivity index (χ1v) is 8.22. The lowest BCUT2D eigenvalue weighted by atomic mass is 10.1. The SMILES string of the molecule is CC(=O)Nc1ccc(C(=O)N2CCC[C@@H](Oc3ncccn3)C2)cc1. The molecule has 1 aromatic carbocycles. The first kappa shape index (κ1) is 16.9. The number of aromatic nitrogens is 2. The van der Waals surface area contributed by atoms with Crippen LogP contribution in [0.15, 0.2) is 42.7 Å². The number of hydrogen-bond donors (Lipinski definition) is 1. The summed E-state index contributed by atoms with van der Waals surface area (Å²) in [6.45, 7) is 2.65. The Bertz CT molecular complexity index is 734. The van der Waals surface area contributed by atoms with Crippen LogP contribution < -0.4 is 10.1 Å². The van der Waals surface area contributed by atoms with Gasteiger partial charge >= 0.3 is 6.01 Å². The maximum atomic E-state index is 12.7. The highest BCUT2D eigenvalue weighted by atomic mass is 16.5. The van der Waals surface area contributed by atoms with Crippen molar-refractivity contribution in [1.29, 1.82) is 0 Å². The van der Waals surface area contributed by atoms with Gasteiger partial charge in [-0.3, -0.25) is 9.59 Å². The molecule has 130 valence electrons. The fourth-order valence-electron chi connectivity index (χ4n) is 2.80. The summed E-state index contributed by atoms with van der Waals surface area (Å²) >= 11 is 0. The highest BCUT2D eigenvalue weighted by Crippen LogP contribution is 2.18. The van der Waals surface area contributed by atoms with Gasteiger partial charge in [0.2, 0.25) is 5.91 Å². The van der Waals surface area contributed by atoms with Crippen molar-refractivity contribution in [2.45, 2.75) is 25.9 Å². The van der Waals surface area contributed by atoms with Crippen LogP contribution in [0.5, 0.6) is 6.01 Å². The number of carbonyl (C=O) groups is 2. The molecular weight excluding hydrogens is 320 g/mol. The molecular formula is C18H20N4O3. The molecule has 7 heteroatoms. The Kier molecular flexibility index (Phi) is 5.23. The zero-order chi connectivity index (χ0) is 17.6. The van der Waals surface area contributed by atoms with Gasteiger partial charge in [-0.1, -0.05) is 0 Å². The standard InChI is InChI=1S/C18H20N4O3/c1-13(23)21-15-7-5-14(6-8-15)17(24)22-11-2-4-16(12-22)25-18-19-9-3-10-20-18/h3,5-10,16H,2,4,11-12H2,1H3,(H,21,23)/t16-/m1/s1. The number of anilines is 1. The predicted molar refractivity (Wildman–Crippen MR) is 92.3 cm³/mol. The van der Waals surface area contributed by atoms with Crippen molar-refractivity contribution in [3.63, 3.8) is 0 Å². The van der Waals surface area contributed by atoms with Gasteiger partial charge in [0.15, 0.2) is 0 Å². The third-order valence-electron chi connectivity index (χ3n) is 3.93. The van der Waals surface area contributed by atoms with Crippen molar-refractivity contribution in [2.24, 2.45) is 0 Å². The van der Waals surface area contributed by atoms with E-state index in [0.29, 0.717) is 30.4 Å². The molecule has 2 heterocycles. The van der Waals surface area contributed by atoms with Gasteiger partial charge in [-0.2, -0.15) is 0 Å². The highest BCUT2D eigenvalue weighted by Gasteiger charge is 2.26.